The highest BCUT2D eigenvalue weighted by atomic mass is 16.5. The first-order chi connectivity index (χ1) is 21.5. The number of phenolic OH excluding ortho intramolecular Hbond substituents is 1. The quantitative estimate of drug-likeness (QED) is 0.154. The molecule has 5 aliphatic rings. The third-order valence-corrected chi connectivity index (χ3v) is 15.1. The number of carboxylic acids is 1. The van der Waals surface area contributed by atoms with Gasteiger partial charge in [0.2, 0.25) is 0 Å². The molecule has 1 aromatic carbocycles. The van der Waals surface area contributed by atoms with Gasteiger partial charge in [0.05, 0.1) is 17.6 Å². The number of fused-ring (bicyclic) bond motifs is 7. The second kappa shape index (κ2) is 10.9. The number of hydrogen-bond acceptors (Lipinski definition) is 6. The lowest BCUT2D eigenvalue weighted by molar-refractivity contribution is -0.229. The number of allylic oxidation sites excluding steroid dienone is 1. The van der Waals surface area contributed by atoms with Crippen LogP contribution in [0.15, 0.2) is 42.0 Å². The molecule has 4 N–H and O–H groups in total. The van der Waals surface area contributed by atoms with Gasteiger partial charge in [-0.15, -0.1) is 0 Å². The molecule has 7 nitrogen and oxygen atoms in total. The van der Waals surface area contributed by atoms with E-state index in [0.29, 0.717) is 25.2 Å². The van der Waals surface area contributed by atoms with Gasteiger partial charge in [-0.05, 0) is 122 Å². The van der Waals surface area contributed by atoms with Gasteiger partial charge in [-0.1, -0.05) is 58.4 Å². The molecule has 4 saturated carbocycles. The van der Waals surface area contributed by atoms with E-state index >= 15 is 0 Å². The number of aliphatic hydroxyl groups is 2. The molecule has 0 heterocycles. The van der Waals surface area contributed by atoms with Crippen molar-refractivity contribution in [2.75, 3.05) is 6.61 Å². The molecule has 0 radical (unpaired) electrons. The molecular formula is C39H54O7. The third kappa shape index (κ3) is 4.50. The number of aliphatic carboxylic acids is 1. The summed E-state index contributed by atoms with van der Waals surface area (Å²) >= 11 is 0. The molecule has 0 bridgehead atoms. The molecule has 7 heteroatoms. The summed E-state index contributed by atoms with van der Waals surface area (Å²) in [5.41, 5.74) is -1.12. The van der Waals surface area contributed by atoms with Gasteiger partial charge >= 0.3 is 11.9 Å². The van der Waals surface area contributed by atoms with Crippen molar-refractivity contribution in [1.82, 2.24) is 0 Å². The number of phenols is 1. The maximum Gasteiger partial charge on any atom is 0.331 e. The lowest BCUT2D eigenvalue weighted by Gasteiger charge is -2.72. The summed E-state index contributed by atoms with van der Waals surface area (Å²) in [6.45, 7) is 13.1. The summed E-state index contributed by atoms with van der Waals surface area (Å²) in [4.78, 5) is 26.0. The normalized spacial score (nSPS) is 46.7. The average molecular weight is 635 g/mol. The molecule has 0 aliphatic heterocycles. The summed E-state index contributed by atoms with van der Waals surface area (Å²) in [6.07, 6.45) is 11.9. The van der Waals surface area contributed by atoms with Crippen molar-refractivity contribution in [3.05, 3.63) is 47.6 Å². The van der Waals surface area contributed by atoms with Crippen LogP contribution in [0.4, 0.5) is 0 Å². The number of rotatable bonds is 5. The van der Waals surface area contributed by atoms with E-state index in [1.807, 2.05) is 6.92 Å². The van der Waals surface area contributed by atoms with Crippen molar-refractivity contribution >= 4 is 18.0 Å². The zero-order chi connectivity index (χ0) is 33.5. The molecule has 0 amide bonds. The van der Waals surface area contributed by atoms with E-state index in [1.165, 1.54) is 11.6 Å². The number of benzene rings is 1. The van der Waals surface area contributed by atoms with E-state index in [9.17, 15) is 30.0 Å². The molecule has 0 spiro atoms. The van der Waals surface area contributed by atoms with Crippen LogP contribution in [0.2, 0.25) is 0 Å². The zero-order valence-corrected chi connectivity index (χ0v) is 28.5. The van der Waals surface area contributed by atoms with Gasteiger partial charge in [0, 0.05) is 17.4 Å². The Labute approximate surface area is 274 Å². The Hall–Kier alpha value is -2.64. The van der Waals surface area contributed by atoms with Crippen molar-refractivity contribution in [2.45, 2.75) is 111 Å². The number of carbonyl (C=O) groups is 2. The predicted octanol–water partition coefficient (Wildman–Crippen LogP) is 7.15. The molecule has 4 fully saturated rings. The van der Waals surface area contributed by atoms with Crippen molar-refractivity contribution < 1.29 is 34.8 Å². The summed E-state index contributed by atoms with van der Waals surface area (Å²) in [7, 11) is 0. The number of carbonyl (C=O) groups excluding carboxylic acids is 1. The molecule has 252 valence electrons. The van der Waals surface area contributed by atoms with Gasteiger partial charge in [-0.2, -0.15) is 0 Å². The Morgan fingerprint density at radius 1 is 0.935 bits per heavy atom. The van der Waals surface area contributed by atoms with Crippen molar-refractivity contribution in [1.29, 1.82) is 0 Å². The number of hydrogen-bond donors (Lipinski definition) is 4. The van der Waals surface area contributed by atoms with E-state index in [1.54, 1.807) is 30.3 Å². The van der Waals surface area contributed by atoms with Gasteiger partial charge in [0.25, 0.3) is 0 Å². The Morgan fingerprint density at radius 3 is 2.28 bits per heavy atom. The predicted molar refractivity (Wildman–Crippen MR) is 176 cm³/mol. The van der Waals surface area contributed by atoms with Crippen LogP contribution in [-0.2, 0) is 14.3 Å². The molecule has 1 aromatic rings. The van der Waals surface area contributed by atoms with Gasteiger partial charge in [-0.25, -0.2) is 4.79 Å². The minimum Gasteiger partial charge on any atom is -0.508 e. The van der Waals surface area contributed by atoms with E-state index in [4.69, 9.17) is 4.74 Å². The molecule has 11 atom stereocenters. The molecule has 5 aliphatic carbocycles. The first kappa shape index (κ1) is 33.3. The Balaban J connectivity index is 1.30. The van der Waals surface area contributed by atoms with Crippen LogP contribution in [0, 0.1) is 50.7 Å². The highest BCUT2D eigenvalue weighted by molar-refractivity contribution is 5.87. The monoisotopic (exact) mass is 634 g/mol. The van der Waals surface area contributed by atoms with E-state index in [2.05, 4.69) is 40.7 Å². The molecule has 0 unspecified atom stereocenters. The van der Waals surface area contributed by atoms with Crippen LogP contribution in [0.1, 0.15) is 105 Å². The second-order valence-corrected chi connectivity index (χ2v) is 16.9. The highest BCUT2D eigenvalue weighted by Gasteiger charge is 2.71. The van der Waals surface area contributed by atoms with Crippen molar-refractivity contribution in [3.8, 4) is 5.75 Å². The number of aliphatic hydroxyl groups excluding tert-OH is 1. The number of ether oxygens (including phenoxy) is 1. The highest BCUT2D eigenvalue weighted by Crippen LogP contribution is 2.76. The van der Waals surface area contributed by atoms with Gasteiger partial charge in [0.15, 0.2) is 0 Å². The first-order valence-electron chi connectivity index (χ1n) is 17.4. The van der Waals surface area contributed by atoms with Gasteiger partial charge < -0.3 is 25.2 Å². The number of carboxylic acid groups (broad SMARTS) is 1. The molecule has 0 aromatic heterocycles. The summed E-state index contributed by atoms with van der Waals surface area (Å²) in [6, 6.07) is 6.61. The first-order valence-corrected chi connectivity index (χ1v) is 17.4. The maximum absolute atomic E-state index is 13.0. The summed E-state index contributed by atoms with van der Waals surface area (Å²) < 4.78 is 6.10. The van der Waals surface area contributed by atoms with Crippen LogP contribution >= 0.6 is 0 Å². The Bertz CT molecular complexity index is 1440. The van der Waals surface area contributed by atoms with Crippen molar-refractivity contribution in [3.63, 3.8) is 0 Å². The molecule has 0 saturated heterocycles. The fourth-order valence-corrected chi connectivity index (χ4v) is 12.0. The minimum atomic E-state index is -1.09. The van der Waals surface area contributed by atoms with E-state index < -0.39 is 40.4 Å². The minimum absolute atomic E-state index is 0.0196. The Morgan fingerprint density at radius 2 is 1.63 bits per heavy atom. The fraction of sp³-hybridized carbons (Fsp3) is 0.692. The Kier molecular flexibility index (Phi) is 7.92. The summed E-state index contributed by atoms with van der Waals surface area (Å²) in [5, 5.41) is 43.2. The summed E-state index contributed by atoms with van der Waals surface area (Å²) in [5.74, 6) is -0.959. The van der Waals surface area contributed by atoms with Crippen LogP contribution in [-0.4, -0.2) is 50.7 Å². The zero-order valence-electron chi connectivity index (χ0n) is 28.5. The SMILES string of the molecule is C[C@@H]1CC[C@]2(C(=O)O)CC[C@]3(C)C(=CC[C@@H]4[C@@]5(C)CC[C@H](OC(=O)/C=C/c6ccc(O)cc6)[C@@](C)(CO)[C@@H]5CC[C@]43C)[C@@H]2[C@]1(C)O. The lowest BCUT2D eigenvalue weighted by Crippen LogP contribution is -2.68. The van der Waals surface area contributed by atoms with E-state index in [-0.39, 0.29) is 40.4 Å². The fourth-order valence-electron chi connectivity index (χ4n) is 12.0. The lowest BCUT2D eigenvalue weighted by atomic mass is 9.33. The standard InChI is InChI=1S/C39H54O7/c1-24-15-20-39(33(43)44)22-21-36(4)27(32(39)38(24,6)45)12-13-29-34(2)18-17-30(35(3,23-40)28(34)16-19-37(29,36)5)46-31(42)14-9-25-7-10-26(41)11-8-25/h7-12,14,24,28-30,32,40-41,45H,13,15-23H2,1-6H3,(H,43,44)/b14-9+/t24-,28-,29-,30+,32-,34+,35+,36-,37-,38-,39+/m1/s1. The van der Waals surface area contributed by atoms with Crippen LogP contribution in [0.25, 0.3) is 6.08 Å². The van der Waals surface area contributed by atoms with Crippen molar-refractivity contribution in [2.24, 2.45) is 50.7 Å². The second-order valence-electron chi connectivity index (χ2n) is 16.9. The molecule has 46 heavy (non-hydrogen) atoms. The number of esters is 1. The molecule has 6 rings (SSSR count). The van der Waals surface area contributed by atoms with Crippen LogP contribution in [0.3, 0.4) is 0 Å². The topological polar surface area (TPSA) is 124 Å². The number of aromatic hydroxyl groups is 1. The largest absolute Gasteiger partial charge is 0.508 e. The third-order valence-electron chi connectivity index (χ3n) is 15.1. The van der Waals surface area contributed by atoms with E-state index in [0.717, 1.165) is 44.1 Å². The smallest absolute Gasteiger partial charge is 0.331 e. The molecular weight excluding hydrogens is 580 g/mol. The van der Waals surface area contributed by atoms with Gasteiger partial charge in [-0.3, -0.25) is 4.79 Å². The average Bonchev–Trinajstić information content (AvgIpc) is 3.00. The van der Waals surface area contributed by atoms with Crippen LogP contribution in [0.5, 0.6) is 5.75 Å². The van der Waals surface area contributed by atoms with Crippen LogP contribution < -0.4 is 0 Å². The maximum atomic E-state index is 13.0. The van der Waals surface area contributed by atoms with Gasteiger partial charge in [0.1, 0.15) is 11.9 Å².